The fraction of sp³-hybridized carbons (Fsp3) is 1.00. The molecule has 0 radical (unpaired) electrons. The van der Waals surface area contributed by atoms with Crippen LogP contribution >= 0.6 is 0 Å². The van der Waals surface area contributed by atoms with Crippen molar-refractivity contribution >= 4 is 0 Å². The van der Waals surface area contributed by atoms with Gasteiger partial charge in [-0.15, -0.1) is 0 Å². The number of epoxide rings is 1. The summed E-state index contributed by atoms with van der Waals surface area (Å²) in [6.45, 7) is -2.46. The van der Waals surface area contributed by atoms with Gasteiger partial charge in [-0.2, -0.15) is 0 Å². The second kappa shape index (κ2) is 9.89. The Labute approximate surface area is 196 Å². The minimum atomic E-state index is -2.61. The van der Waals surface area contributed by atoms with Gasteiger partial charge in [-0.25, -0.2) is 0 Å². The molecule has 0 aromatic rings. The maximum Gasteiger partial charge on any atom is 0.347 e. The van der Waals surface area contributed by atoms with Crippen LogP contribution in [0.5, 0.6) is 0 Å². The Morgan fingerprint density at radius 3 is 1.83 bits per heavy atom. The number of ether oxygens (including phenoxy) is 6. The van der Waals surface area contributed by atoms with Gasteiger partial charge in [0.15, 0.2) is 12.6 Å². The molecular formula is C18H30O17. The lowest BCUT2D eigenvalue weighted by Gasteiger charge is -2.46. The predicted octanol–water partition coefficient (Wildman–Crippen LogP) is -7.89. The van der Waals surface area contributed by atoms with E-state index in [4.69, 9.17) is 28.4 Å². The molecule has 204 valence electrons. The molecule has 0 aliphatic carbocycles. The smallest absolute Gasteiger partial charge is 0.347 e. The predicted molar refractivity (Wildman–Crippen MR) is 100 cm³/mol. The van der Waals surface area contributed by atoms with Gasteiger partial charge in [0.1, 0.15) is 67.1 Å². The van der Waals surface area contributed by atoms with Gasteiger partial charge < -0.3 is 79.9 Å². The van der Waals surface area contributed by atoms with E-state index in [0.717, 1.165) is 0 Å². The lowest BCUT2D eigenvalue weighted by atomic mass is 9.96. The van der Waals surface area contributed by atoms with Crippen LogP contribution < -0.4 is 0 Å². The quantitative estimate of drug-likeness (QED) is 0.139. The molecule has 0 saturated carbocycles. The van der Waals surface area contributed by atoms with Gasteiger partial charge in [-0.3, -0.25) is 4.74 Å². The SMILES string of the molecule is OC[C@H]1OC2(O[C@H]3[C@H](O)[C@@H](O)C(O[C@H]4[C@H](O)[C@@H](O)[C@@H](O)O[C@@H]4CO)O[C@@H]3CO)O[C@]2(O)[C@@H](O)[C@@H]1O. The third kappa shape index (κ3) is 4.39. The highest BCUT2D eigenvalue weighted by Crippen LogP contribution is 2.56. The summed E-state index contributed by atoms with van der Waals surface area (Å²) in [5.41, 5.74) is 0. The van der Waals surface area contributed by atoms with Crippen LogP contribution in [0.15, 0.2) is 0 Å². The molecule has 4 saturated heterocycles. The molecule has 4 rings (SSSR count). The van der Waals surface area contributed by atoms with Gasteiger partial charge in [0.05, 0.1) is 19.8 Å². The van der Waals surface area contributed by atoms with Crippen LogP contribution in [0.4, 0.5) is 0 Å². The van der Waals surface area contributed by atoms with E-state index in [-0.39, 0.29) is 0 Å². The van der Waals surface area contributed by atoms with Crippen molar-refractivity contribution < 1.29 is 84.6 Å². The Bertz CT molecular complexity index is 740. The maximum atomic E-state index is 10.7. The number of fused-ring (bicyclic) bond motifs is 1. The van der Waals surface area contributed by atoms with E-state index in [1.165, 1.54) is 0 Å². The van der Waals surface area contributed by atoms with E-state index in [1.807, 2.05) is 0 Å². The van der Waals surface area contributed by atoms with Crippen molar-refractivity contribution in [2.24, 2.45) is 0 Å². The third-order valence-corrected chi connectivity index (χ3v) is 6.52. The van der Waals surface area contributed by atoms with E-state index < -0.39 is 111 Å². The number of aliphatic hydroxyl groups excluding tert-OH is 10. The van der Waals surface area contributed by atoms with E-state index >= 15 is 0 Å². The molecule has 0 amide bonds. The first kappa shape index (κ1) is 27.4. The Kier molecular flexibility index (Phi) is 7.73. The van der Waals surface area contributed by atoms with E-state index in [0.29, 0.717) is 0 Å². The van der Waals surface area contributed by atoms with Crippen molar-refractivity contribution in [3.05, 3.63) is 0 Å². The van der Waals surface area contributed by atoms with Crippen molar-refractivity contribution in [1.29, 1.82) is 0 Å². The molecule has 0 aromatic heterocycles. The first-order chi connectivity index (χ1) is 16.4. The zero-order valence-corrected chi connectivity index (χ0v) is 18.0. The molecule has 17 nitrogen and oxygen atoms in total. The summed E-state index contributed by atoms with van der Waals surface area (Å²) >= 11 is 0. The van der Waals surface area contributed by atoms with Crippen LogP contribution in [0.3, 0.4) is 0 Å². The normalized spacial score (nSPS) is 56.5. The lowest BCUT2D eigenvalue weighted by molar-refractivity contribution is -0.386. The summed E-state index contributed by atoms with van der Waals surface area (Å²) in [5, 5.41) is 110. The Morgan fingerprint density at radius 1 is 0.657 bits per heavy atom. The highest BCUT2D eigenvalue weighted by Gasteiger charge is 2.83. The van der Waals surface area contributed by atoms with Crippen LogP contribution in [0, 0.1) is 0 Å². The number of aliphatic hydroxyl groups is 11. The average Bonchev–Trinajstić information content (AvgIpc) is 3.45. The summed E-state index contributed by atoms with van der Waals surface area (Å²) in [5.74, 6) is -5.10. The fourth-order valence-corrected chi connectivity index (χ4v) is 4.39. The van der Waals surface area contributed by atoms with Crippen molar-refractivity contribution in [2.75, 3.05) is 19.8 Å². The zero-order valence-electron chi connectivity index (χ0n) is 18.0. The standard InChI is InChI=1S/C18H30O17/c19-1-4-7(22)14(27)17(29)18(33-4,35-17)34-13-6(3-21)31-16(11(26)9(13)24)32-12-5(2-20)30-15(28)10(25)8(12)23/h4-16,19-29H,1-3H2/t4-,5-,6-,7-,8-,9-,10-,11-,12-,13-,14+,15+,16?,17-,18?/m1/s1. The molecule has 11 N–H and O–H groups in total. The number of hydrogen-bond donors (Lipinski definition) is 11. The molecule has 4 aliphatic heterocycles. The maximum absolute atomic E-state index is 10.7. The van der Waals surface area contributed by atoms with Crippen molar-refractivity contribution in [3.8, 4) is 0 Å². The molecule has 4 fully saturated rings. The second-order valence-corrected chi connectivity index (χ2v) is 8.75. The lowest BCUT2D eigenvalue weighted by Crippen LogP contribution is -2.66. The van der Waals surface area contributed by atoms with Crippen molar-refractivity contribution in [3.63, 3.8) is 0 Å². The van der Waals surface area contributed by atoms with Gasteiger partial charge in [0.2, 0.25) is 0 Å². The highest BCUT2D eigenvalue weighted by molar-refractivity contribution is 5.10. The number of rotatable bonds is 7. The van der Waals surface area contributed by atoms with Gasteiger partial charge >= 0.3 is 5.97 Å². The first-order valence-corrected chi connectivity index (χ1v) is 10.8. The summed E-state index contributed by atoms with van der Waals surface area (Å²) in [6, 6.07) is 0. The van der Waals surface area contributed by atoms with Crippen LogP contribution in [-0.4, -0.2) is 167 Å². The van der Waals surface area contributed by atoms with Gasteiger partial charge in [-0.1, -0.05) is 0 Å². The third-order valence-electron chi connectivity index (χ3n) is 6.52. The number of hydrogen-bond acceptors (Lipinski definition) is 17. The molecule has 0 spiro atoms. The van der Waals surface area contributed by atoms with E-state index in [9.17, 15) is 56.2 Å². The molecule has 0 bridgehead atoms. The average molecular weight is 518 g/mol. The summed E-state index contributed by atoms with van der Waals surface area (Å²) in [4.78, 5) is 0. The minimum absolute atomic E-state index is 0.776. The first-order valence-electron chi connectivity index (χ1n) is 10.8. The van der Waals surface area contributed by atoms with Crippen molar-refractivity contribution in [2.45, 2.75) is 91.5 Å². The van der Waals surface area contributed by atoms with E-state index in [2.05, 4.69) is 0 Å². The Hall–Kier alpha value is -0.680. The molecule has 15 atom stereocenters. The molecule has 4 aliphatic rings. The van der Waals surface area contributed by atoms with Crippen molar-refractivity contribution in [1.82, 2.24) is 0 Å². The molecule has 4 heterocycles. The monoisotopic (exact) mass is 518 g/mol. The van der Waals surface area contributed by atoms with Gasteiger partial charge in [-0.05, 0) is 0 Å². The van der Waals surface area contributed by atoms with Gasteiger partial charge in [0, 0.05) is 0 Å². The Balaban J connectivity index is 1.49. The van der Waals surface area contributed by atoms with Crippen LogP contribution in [0.25, 0.3) is 0 Å². The van der Waals surface area contributed by atoms with Crippen LogP contribution in [-0.2, 0) is 28.4 Å². The molecular weight excluding hydrogens is 488 g/mol. The molecule has 17 heteroatoms. The molecule has 2 unspecified atom stereocenters. The second-order valence-electron chi connectivity index (χ2n) is 8.75. The highest BCUT2D eigenvalue weighted by atomic mass is 17.0. The zero-order chi connectivity index (χ0) is 25.9. The summed E-state index contributed by atoms with van der Waals surface area (Å²) in [7, 11) is 0. The molecule has 0 aromatic carbocycles. The largest absolute Gasteiger partial charge is 0.394 e. The fourth-order valence-electron chi connectivity index (χ4n) is 4.39. The minimum Gasteiger partial charge on any atom is -0.394 e. The van der Waals surface area contributed by atoms with Crippen LogP contribution in [0.2, 0.25) is 0 Å². The molecule has 35 heavy (non-hydrogen) atoms. The van der Waals surface area contributed by atoms with Crippen LogP contribution in [0.1, 0.15) is 0 Å². The summed E-state index contributed by atoms with van der Waals surface area (Å²) in [6.07, 6.45) is -22.5. The Morgan fingerprint density at radius 2 is 1.23 bits per heavy atom. The van der Waals surface area contributed by atoms with E-state index in [1.54, 1.807) is 0 Å². The summed E-state index contributed by atoms with van der Waals surface area (Å²) < 4.78 is 31.4. The van der Waals surface area contributed by atoms with Gasteiger partial charge in [0.25, 0.3) is 5.79 Å². The topological polar surface area (TPSA) is 281 Å².